The Morgan fingerprint density at radius 3 is 2.56 bits per heavy atom. The zero-order valence-corrected chi connectivity index (χ0v) is 14.9. The first-order valence-electron chi connectivity index (χ1n) is 7.34. The molecular weight excluding hydrogens is 338 g/mol. The SMILES string of the molecule is C=C(/N=C(\N=C(/N)NC)NC)Nc1ccc2c(O)c(N)c(S)cc2c1. The van der Waals surface area contributed by atoms with Gasteiger partial charge in [-0.2, -0.15) is 9.98 Å². The molecule has 0 atom stereocenters. The highest BCUT2D eigenvalue weighted by atomic mass is 32.1. The van der Waals surface area contributed by atoms with Crippen LogP contribution in [0.15, 0.2) is 51.5 Å². The average molecular weight is 359 g/mol. The lowest BCUT2D eigenvalue weighted by molar-refractivity contribution is 0.483. The molecule has 0 aliphatic heterocycles. The van der Waals surface area contributed by atoms with Crippen molar-refractivity contribution in [2.24, 2.45) is 15.7 Å². The minimum absolute atomic E-state index is 0.0141. The lowest BCUT2D eigenvalue weighted by atomic mass is 10.1. The number of nitrogens with one attached hydrogen (secondary N) is 3. The molecule has 2 aromatic carbocycles. The molecule has 8 nitrogen and oxygen atoms in total. The number of rotatable bonds is 3. The Bertz CT molecular complexity index is 876. The van der Waals surface area contributed by atoms with Crippen molar-refractivity contribution in [2.75, 3.05) is 25.1 Å². The van der Waals surface area contributed by atoms with E-state index in [2.05, 4.69) is 45.1 Å². The van der Waals surface area contributed by atoms with Gasteiger partial charge in [0.25, 0.3) is 0 Å². The van der Waals surface area contributed by atoms with Crippen LogP contribution < -0.4 is 27.4 Å². The van der Waals surface area contributed by atoms with Crippen LogP contribution in [0.1, 0.15) is 0 Å². The number of hydrogen-bond acceptors (Lipinski definition) is 5. The molecule has 9 heteroatoms. The quantitative estimate of drug-likeness (QED) is 0.146. The van der Waals surface area contributed by atoms with Gasteiger partial charge in [-0.15, -0.1) is 12.6 Å². The lowest BCUT2D eigenvalue weighted by Gasteiger charge is -2.11. The number of fused-ring (bicyclic) bond motifs is 1. The molecule has 0 unspecified atom stereocenters. The summed E-state index contributed by atoms with van der Waals surface area (Å²) >= 11 is 4.26. The second kappa shape index (κ2) is 7.67. The molecule has 25 heavy (non-hydrogen) atoms. The van der Waals surface area contributed by atoms with Crippen molar-refractivity contribution < 1.29 is 5.11 Å². The van der Waals surface area contributed by atoms with E-state index < -0.39 is 0 Å². The lowest BCUT2D eigenvalue weighted by Crippen LogP contribution is -2.31. The van der Waals surface area contributed by atoms with E-state index in [-0.39, 0.29) is 17.4 Å². The number of aliphatic imine (C=N–C) groups is 2. The van der Waals surface area contributed by atoms with Crippen LogP contribution in [0.5, 0.6) is 5.75 Å². The number of nitrogen functional groups attached to an aromatic ring is 1. The van der Waals surface area contributed by atoms with Gasteiger partial charge in [-0.25, -0.2) is 0 Å². The number of anilines is 2. The monoisotopic (exact) mass is 359 g/mol. The molecule has 0 radical (unpaired) electrons. The molecule has 0 aromatic heterocycles. The maximum Gasteiger partial charge on any atom is 0.227 e. The molecule has 0 heterocycles. The molecule has 2 aromatic rings. The van der Waals surface area contributed by atoms with Crippen LogP contribution in [0, 0.1) is 0 Å². The van der Waals surface area contributed by atoms with Crippen molar-refractivity contribution in [1.29, 1.82) is 0 Å². The topological polar surface area (TPSA) is 133 Å². The molecular formula is C16H21N7OS. The number of guanidine groups is 2. The first kappa shape index (κ1) is 18.3. The van der Waals surface area contributed by atoms with Crippen LogP contribution in [0.2, 0.25) is 0 Å². The normalized spacial score (nSPS) is 12.1. The van der Waals surface area contributed by atoms with Crippen molar-refractivity contribution in [3.63, 3.8) is 0 Å². The second-order valence-electron chi connectivity index (χ2n) is 5.10. The largest absolute Gasteiger partial charge is 0.505 e. The summed E-state index contributed by atoms with van der Waals surface area (Å²) in [5.41, 5.74) is 12.4. The highest BCUT2D eigenvalue weighted by molar-refractivity contribution is 7.80. The van der Waals surface area contributed by atoms with E-state index >= 15 is 0 Å². The van der Waals surface area contributed by atoms with Gasteiger partial charge >= 0.3 is 0 Å². The van der Waals surface area contributed by atoms with Crippen molar-refractivity contribution in [3.05, 3.63) is 36.7 Å². The molecule has 0 spiro atoms. The summed E-state index contributed by atoms with van der Waals surface area (Å²) in [5, 5.41) is 20.1. The molecule has 0 aliphatic rings. The van der Waals surface area contributed by atoms with Crippen molar-refractivity contribution in [3.8, 4) is 5.75 Å². The maximum absolute atomic E-state index is 10.1. The van der Waals surface area contributed by atoms with Gasteiger partial charge < -0.3 is 32.5 Å². The number of nitrogens with two attached hydrogens (primary N) is 2. The van der Waals surface area contributed by atoms with E-state index in [1.54, 1.807) is 32.3 Å². The summed E-state index contributed by atoms with van der Waals surface area (Å²) in [7, 11) is 3.34. The van der Waals surface area contributed by atoms with Crippen LogP contribution in [0.25, 0.3) is 10.8 Å². The van der Waals surface area contributed by atoms with Crippen molar-refractivity contribution in [1.82, 2.24) is 10.6 Å². The van der Waals surface area contributed by atoms with Crippen LogP contribution in [0.3, 0.4) is 0 Å². The minimum atomic E-state index is 0.0141. The molecule has 0 saturated heterocycles. The van der Waals surface area contributed by atoms with E-state index in [4.69, 9.17) is 11.5 Å². The van der Waals surface area contributed by atoms with E-state index in [9.17, 15) is 5.11 Å². The van der Waals surface area contributed by atoms with Gasteiger partial charge in [-0.1, -0.05) is 6.58 Å². The number of phenolic OH excluding ortho intramolecular Hbond substituents is 1. The van der Waals surface area contributed by atoms with Gasteiger partial charge in [0.2, 0.25) is 5.96 Å². The van der Waals surface area contributed by atoms with Gasteiger partial charge in [0.15, 0.2) is 5.96 Å². The van der Waals surface area contributed by atoms with Gasteiger partial charge in [0.1, 0.15) is 11.6 Å². The molecule has 2 rings (SSSR count). The van der Waals surface area contributed by atoms with E-state index in [0.29, 0.717) is 22.1 Å². The van der Waals surface area contributed by atoms with Crippen LogP contribution in [0.4, 0.5) is 11.4 Å². The Hall–Kier alpha value is -3.07. The van der Waals surface area contributed by atoms with Crippen LogP contribution in [-0.4, -0.2) is 31.1 Å². The Labute approximate surface area is 151 Å². The third-order valence-electron chi connectivity index (χ3n) is 3.37. The molecule has 132 valence electrons. The zero-order valence-electron chi connectivity index (χ0n) is 14.0. The fourth-order valence-electron chi connectivity index (χ4n) is 2.10. The van der Waals surface area contributed by atoms with Crippen molar-refractivity contribution >= 4 is 46.7 Å². The summed E-state index contributed by atoms with van der Waals surface area (Å²) in [6.45, 7) is 3.85. The number of aromatic hydroxyl groups is 1. The summed E-state index contributed by atoms with van der Waals surface area (Å²) in [6, 6.07) is 7.15. The number of phenols is 1. The Morgan fingerprint density at radius 2 is 1.92 bits per heavy atom. The summed E-state index contributed by atoms with van der Waals surface area (Å²) in [5.74, 6) is 0.900. The number of thiol groups is 1. The number of nitrogens with zero attached hydrogens (tertiary/aromatic N) is 2. The number of benzene rings is 2. The summed E-state index contributed by atoms with van der Waals surface area (Å²) in [4.78, 5) is 8.77. The standard InChI is InChI=1S/C16H21N7OS/c1-8(22-16(20-3)23-15(18)19-2)21-10-4-5-11-9(6-10)7-12(25)13(17)14(11)24/h4-7,21,24-25H,1,17H2,2-3H3,(H4,18,19,20,22,23). The second-order valence-corrected chi connectivity index (χ2v) is 5.58. The smallest absolute Gasteiger partial charge is 0.227 e. The fraction of sp³-hybridized carbons (Fsp3) is 0.125. The Balaban J connectivity index is 2.28. The first-order valence-corrected chi connectivity index (χ1v) is 7.79. The van der Waals surface area contributed by atoms with Crippen LogP contribution in [-0.2, 0) is 0 Å². The van der Waals surface area contributed by atoms with E-state index in [0.717, 1.165) is 11.1 Å². The van der Waals surface area contributed by atoms with Gasteiger partial charge in [0.05, 0.1) is 5.69 Å². The summed E-state index contributed by atoms with van der Waals surface area (Å²) < 4.78 is 0. The van der Waals surface area contributed by atoms with E-state index in [1.165, 1.54) is 0 Å². The highest BCUT2D eigenvalue weighted by Gasteiger charge is 2.09. The highest BCUT2D eigenvalue weighted by Crippen LogP contribution is 2.36. The summed E-state index contributed by atoms with van der Waals surface area (Å²) in [6.07, 6.45) is 0. The van der Waals surface area contributed by atoms with Crippen LogP contribution >= 0.6 is 12.6 Å². The Kier molecular flexibility index (Phi) is 5.60. The van der Waals surface area contributed by atoms with E-state index in [1.807, 2.05) is 6.07 Å². The molecule has 0 aliphatic carbocycles. The third kappa shape index (κ3) is 4.27. The molecule has 0 fully saturated rings. The molecule has 0 bridgehead atoms. The predicted molar refractivity (Wildman–Crippen MR) is 107 cm³/mol. The third-order valence-corrected chi connectivity index (χ3v) is 3.74. The number of hydrogen-bond donors (Lipinski definition) is 7. The predicted octanol–water partition coefficient (Wildman–Crippen LogP) is 1.41. The van der Waals surface area contributed by atoms with Gasteiger partial charge in [0, 0.05) is 30.1 Å². The van der Waals surface area contributed by atoms with Gasteiger partial charge in [-0.05, 0) is 29.7 Å². The first-order chi connectivity index (χ1) is 11.8. The maximum atomic E-state index is 10.1. The van der Waals surface area contributed by atoms with Gasteiger partial charge in [-0.3, -0.25) is 0 Å². The molecule has 0 amide bonds. The minimum Gasteiger partial charge on any atom is -0.505 e. The Morgan fingerprint density at radius 1 is 1.20 bits per heavy atom. The fourth-order valence-corrected chi connectivity index (χ4v) is 2.34. The zero-order chi connectivity index (χ0) is 18.6. The molecule has 0 saturated carbocycles. The average Bonchev–Trinajstić information content (AvgIpc) is 2.58. The van der Waals surface area contributed by atoms with Crippen molar-refractivity contribution in [2.45, 2.75) is 4.90 Å². The molecule has 8 N–H and O–H groups in total.